The van der Waals surface area contributed by atoms with Crippen LogP contribution in [0.25, 0.3) is 0 Å². The van der Waals surface area contributed by atoms with Gasteiger partial charge in [0.25, 0.3) is 11.6 Å². The molecule has 21 heavy (non-hydrogen) atoms. The molecule has 0 aliphatic carbocycles. The fourth-order valence-electron chi connectivity index (χ4n) is 1.71. The van der Waals surface area contributed by atoms with Crippen molar-refractivity contribution in [3.63, 3.8) is 0 Å². The molecule has 0 heterocycles. The summed E-state index contributed by atoms with van der Waals surface area (Å²) >= 11 is 11.9. The minimum absolute atomic E-state index is 0.0841. The van der Waals surface area contributed by atoms with Gasteiger partial charge in [-0.2, -0.15) is 0 Å². The number of anilines is 1. The summed E-state index contributed by atoms with van der Waals surface area (Å²) in [6, 6.07) is 8.85. The average Bonchev–Trinajstić information content (AvgIpc) is 2.40. The van der Waals surface area contributed by atoms with Gasteiger partial charge in [-0.15, -0.1) is 0 Å². The molecule has 0 saturated heterocycles. The Kier molecular flexibility index (Phi) is 4.45. The third-order valence-corrected chi connectivity index (χ3v) is 3.41. The van der Waals surface area contributed by atoms with E-state index < -0.39 is 10.8 Å². The molecule has 0 unspecified atom stereocenters. The number of aryl methyl sites for hydroxylation is 1. The number of nitrogens with one attached hydrogen (secondary N) is 1. The smallest absolute Gasteiger partial charge is 0.271 e. The predicted molar refractivity (Wildman–Crippen MR) is 82.2 cm³/mol. The van der Waals surface area contributed by atoms with Gasteiger partial charge in [0.15, 0.2) is 0 Å². The van der Waals surface area contributed by atoms with Crippen LogP contribution < -0.4 is 5.32 Å². The van der Waals surface area contributed by atoms with Crippen molar-refractivity contribution in [1.29, 1.82) is 0 Å². The number of carbonyl (C=O) groups is 1. The number of nitrogens with zero attached hydrogens (tertiary/aromatic N) is 1. The molecule has 0 radical (unpaired) electrons. The summed E-state index contributed by atoms with van der Waals surface area (Å²) in [4.78, 5) is 22.2. The van der Waals surface area contributed by atoms with E-state index in [1.54, 1.807) is 18.2 Å². The number of hydrogen-bond donors (Lipinski definition) is 1. The van der Waals surface area contributed by atoms with Crippen molar-refractivity contribution in [1.82, 2.24) is 0 Å². The Bertz CT molecular complexity index is 732. The van der Waals surface area contributed by atoms with E-state index >= 15 is 0 Å². The number of halogens is 2. The molecular formula is C14H10Cl2N2O3. The third kappa shape index (κ3) is 3.51. The molecule has 0 saturated carbocycles. The van der Waals surface area contributed by atoms with Gasteiger partial charge in [-0.25, -0.2) is 0 Å². The number of nitro benzene ring substituents is 1. The van der Waals surface area contributed by atoms with Crippen LogP contribution in [0.3, 0.4) is 0 Å². The van der Waals surface area contributed by atoms with E-state index in [1.807, 2.05) is 6.92 Å². The van der Waals surface area contributed by atoms with Crippen LogP contribution in [0.15, 0.2) is 36.4 Å². The van der Waals surface area contributed by atoms with Crippen LogP contribution in [0.4, 0.5) is 11.4 Å². The third-order valence-electron chi connectivity index (χ3n) is 2.78. The predicted octanol–water partition coefficient (Wildman–Crippen LogP) is 4.46. The highest BCUT2D eigenvalue weighted by atomic mass is 35.5. The lowest BCUT2D eigenvalue weighted by atomic mass is 10.1. The highest BCUT2D eigenvalue weighted by Crippen LogP contribution is 2.27. The summed E-state index contributed by atoms with van der Waals surface area (Å²) < 4.78 is 0. The normalized spacial score (nSPS) is 10.2. The van der Waals surface area contributed by atoms with E-state index in [0.29, 0.717) is 10.6 Å². The summed E-state index contributed by atoms with van der Waals surface area (Å²) in [7, 11) is 0. The summed E-state index contributed by atoms with van der Waals surface area (Å²) in [5.41, 5.74) is 1.37. The lowest BCUT2D eigenvalue weighted by Crippen LogP contribution is -2.13. The monoisotopic (exact) mass is 324 g/mol. The maximum absolute atomic E-state index is 12.1. The quantitative estimate of drug-likeness (QED) is 0.669. The molecule has 0 aromatic heterocycles. The first-order valence-electron chi connectivity index (χ1n) is 5.90. The molecule has 7 heteroatoms. The van der Waals surface area contributed by atoms with Crippen molar-refractivity contribution < 1.29 is 9.72 Å². The van der Waals surface area contributed by atoms with Crippen molar-refractivity contribution in [2.45, 2.75) is 6.92 Å². The van der Waals surface area contributed by atoms with E-state index in [-0.39, 0.29) is 16.4 Å². The number of non-ortho nitro benzene ring substituents is 1. The van der Waals surface area contributed by atoms with Crippen LogP contribution in [-0.2, 0) is 0 Å². The van der Waals surface area contributed by atoms with Gasteiger partial charge >= 0.3 is 0 Å². The van der Waals surface area contributed by atoms with E-state index in [9.17, 15) is 14.9 Å². The van der Waals surface area contributed by atoms with Crippen LogP contribution in [0.2, 0.25) is 10.0 Å². The van der Waals surface area contributed by atoms with E-state index in [1.165, 1.54) is 18.2 Å². The van der Waals surface area contributed by atoms with Crippen molar-refractivity contribution in [2.24, 2.45) is 0 Å². The maximum Gasteiger partial charge on any atom is 0.271 e. The van der Waals surface area contributed by atoms with E-state index in [0.717, 1.165) is 5.56 Å². The highest BCUT2D eigenvalue weighted by molar-refractivity contribution is 6.36. The Hall–Kier alpha value is -2.11. The molecule has 2 aromatic carbocycles. The molecule has 2 rings (SSSR count). The van der Waals surface area contributed by atoms with Crippen molar-refractivity contribution >= 4 is 40.5 Å². The summed E-state index contributed by atoms with van der Waals surface area (Å²) in [6.45, 7) is 1.86. The van der Waals surface area contributed by atoms with Crippen LogP contribution in [0.1, 0.15) is 15.9 Å². The first-order chi connectivity index (χ1) is 9.88. The summed E-state index contributed by atoms with van der Waals surface area (Å²) in [5, 5.41) is 13.6. The zero-order valence-corrected chi connectivity index (χ0v) is 12.4. The molecule has 5 nitrogen and oxygen atoms in total. The van der Waals surface area contributed by atoms with Crippen LogP contribution in [0.5, 0.6) is 0 Å². The van der Waals surface area contributed by atoms with Crippen LogP contribution in [0, 0.1) is 17.0 Å². The van der Waals surface area contributed by atoms with Gasteiger partial charge < -0.3 is 5.32 Å². The SMILES string of the molecule is Cc1ccc(C(=O)Nc2ccc([N+](=O)[O-])cc2Cl)c(Cl)c1. The number of carbonyl (C=O) groups excluding carboxylic acids is 1. The van der Waals surface area contributed by atoms with Gasteiger partial charge in [0.05, 0.1) is 26.2 Å². The molecular weight excluding hydrogens is 315 g/mol. The zero-order valence-electron chi connectivity index (χ0n) is 10.9. The fourth-order valence-corrected chi connectivity index (χ4v) is 2.26. The van der Waals surface area contributed by atoms with Gasteiger partial charge in [0.2, 0.25) is 0 Å². The molecule has 2 aromatic rings. The standard InChI is InChI=1S/C14H10Cl2N2O3/c1-8-2-4-10(11(15)6-8)14(19)17-13-5-3-9(18(20)21)7-12(13)16/h2-7H,1H3,(H,17,19). The van der Waals surface area contributed by atoms with E-state index in [2.05, 4.69) is 5.32 Å². The van der Waals surface area contributed by atoms with Crippen molar-refractivity contribution in [2.75, 3.05) is 5.32 Å². The Morgan fingerprint density at radius 1 is 1.14 bits per heavy atom. The Labute approximate surface area is 130 Å². The average molecular weight is 325 g/mol. The zero-order chi connectivity index (χ0) is 15.6. The number of benzene rings is 2. The number of amides is 1. The second-order valence-corrected chi connectivity index (χ2v) is 5.17. The molecule has 1 amide bonds. The fraction of sp³-hybridized carbons (Fsp3) is 0.0714. The van der Waals surface area contributed by atoms with Gasteiger partial charge in [0, 0.05) is 12.1 Å². The maximum atomic E-state index is 12.1. The number of rotatable bonds is 3. The van der Waals surface area contributed by atoms with Gasteiger partial charge in [0.1, 0.15) is 0 Å². The minimum Gasteiger partial charge on any atom is -0.321 e. The Morgan fingerprint density at radius 3 is 2.43 bits per heavy atom. The van der Waals surface area contributed by atoms with Crippen molar-refractivity contribution in [3.8, 4) is 0 Å². The molecule has 0 aliphatic heterocycles. The molecule has 108 valence electrons. The summed E-state index contributed by atoms with van der Waals surface area (Å²) in [6.07, 6.45) is 0. The lowest BCUT2D eigenvalue weighted by Gasteiger charge is -2.08. The minimum atomic E-state index is -0.561. The topological polar surface area (TPSA) is 72.2 Å². The number of hydrogen-bond acceptors (Lipinski definition) is 3. The first-order valence-corrected chi connectivity index (χ1v) is 6.65. The first kappa shape index (κ1) is 15.3. The molecule has 0 spiro atoms. The van der Waals surface area contributed by atoms with Gasteiger partial charge in [-0.05, 0) is 30.7 Å². The highest BCUT2D eigenvalue weighted by Gasteiger charge is 2.14. The van der Waals surface area contributed by atoms with E-state index in [4.69, 9.17) is 23.2 Å². The second kappa shape index (κ2) is 6.11. The molecule has 0 fully saturated rings. The Morgan fingerprint density at radius 2 is 1.86 bits per heavy atom. The van der Waals surface area contributed by atoms with Gasteiger partial charge in [-0.3, -0.25) is 14.9 Å². The molecule has 1 N–H and O–H groups in total. The van der Waals surface area contributed by atoms with Crippen molar-refractivity contribution in [3.05, 3.63) is 67.7 Å². The van der Waals surface area contributed by atoms with Crippen LogP contribution >= 0.6 is 23.2 Å². The summed E-state index contributed by atoms with van der Waals surface area (Å²) in [5.74, 6) is -0.434. The lowest BCUT2D eigenvalue weighted by molar-refractivity contribution is -0.384. The van der Waals surface area contributed by atoms with Gasteiger partial charge in [-0.1, -0.05) is 29.3 Å². The molecule has 0 aliphatic rings. The second-order valence-electron chi connectivity index (χ2n) is 4.36. The molecule has 0 atom stereocenters. The molecule has 0 bridgehead atoms. The largest absolute Gasteiger partial charge is 0.321 e. The van der Waals surface area contributed by atoms with Crippen LogP contribution in [-0.4, -0.2) is 10.8 Å². The Balaban J connectivity index is 2.25. The number of nitro groups is 1.